The van der Waals surface area contributed by atoms with E-state index in [1.54, 1.807) is 11.3 Å². The molecule has 1 saturated heterocycles. The van der Waals surface area contributed by atoms with Gasteiger partial charge in [-0.3, -0.25) is 4.99 Å². The number of rotatable bonds is 7. The van der Waals surface area contributed by atoms with Crippen LogP contribution < -0.4 is 10.2 Å². The Morgan fingerprint density at radius 1 is 1.29 bits per heavy atom. The Bertz CT molecular complexity index is 733. The largest absolute Gasteiger partial charge is 0.357 e. The van der Waals surface area contributed by atoms with Crippen LogP contribution in [0.1, 0.15) is 30.6 Å². The summed E-state index contributed by atoms with van der Waals surface area (Å²) in [5, 5.41) is 6.66. The summed E-state index contributed by atoms with van der Waals surface area (Å²) in [6.07, 6.45) is 0.894. The summed E-state index contributed by atoms with van der Waals surface area (Å²) in [6.45, 7) is 9.64. The van der Waals surface area contributed by atoms with Crippen molar-refractivity contribution in [1.82, 2.24) is 24.5 Å². The zero-order valence-electron chi connectivity index (χ0n) is 17.3. The van der Waals surface area contributed by atoms with E-state index in [0.29, 0.717) is 6.04 Å². The van der Waals surface area contributed by atoms with E-state index in [1.807, 2.05) is 0 Å². The summed E-state index contributed by atoms with van der Waals surface area (Å²) < 4.78 is 4.42. The molecule has 2 aromatic rings. The molecular formula is C19H31N7S2. The quantitative estimate of drug-likeness (QED) is 0.548. The Morgan fingerprint density at radius 3 is 2.64 bits per heavy atom. The van der Waals surface area contributed by atoms with E-state index in [2.05, 4.69) is 74.8 Å². The molecule has 1 N–H and O–H groups in total. The molecule has 0 saturated carbocycles. The molecule has 28 heavy (non-hydrogen) atoms. The number of hydrogen-bond donors (Lipinski definition) is 1. The van der Waals surface area contributed by atoms with Gasteiger partial charge in [0.15, 0.2) is 5.96 Å². The number of guanidine groups is 1. The smallest absolute Gasteiger partial charge is 0.205 e. The molecule has 0 amide bonds. The lowest BCUT2D eigenvalue weighted by atomic mass is 10.2. The van der Waals surface area contributed by atoms with Crippen LogP contribution in [0, 0.1) is 0 Å². The number of hydrogen-bond acceptors (Lipinski definition) is 7. The first-order valence-electron chi connectivity index (χ1n) is 9.93. The van der Waals surface area contributed by atoms with Gasteiger partial charge in [-0.15, -0.1) is 11.3 Å². The van der Waals surface area contributed by atoms with Gasteiger partial charge >= 0.3 is 0 Å². The molecule has 3 rings (SSSR count). The van der Waals surface area contributed by atoms with Crippen LogP contribution in [-0.4, -0.2) is 78.5 Å². The highest BCUT2D eigenvalue weighted by Crippen LogP contribution is 2.24. The first-order valence-corrected chi connectivity index (χ1v) is 11.6. The number of thiophene rings is 1. The van der Waals surface area contributed by atoms with Crippen molar-refractivity contribution >= 4 is 34.0 Å². The molecule has 7 nitrogen and oxygen atoms in total. The van der Waals surface area contributed by atoms with Gasteiger partial charge < -0.3 is 20.0 Å². The van der Waals surface area contributed by atoms with Gasteiger partial charge in [0, 0.05) is 55.6 Å². The van der Waals surface area contributed by atoms with Gasteiger partial charge in [-0.25, -0.2) is 4.98 Å². The number of likely N-dealkylation sites (N-methyl/N-ethyl adjacent to an activating group) is 1. The number of aromatic nitrogens is 2. The molecule has 1 aliphatic heterocycles. The molecule has 0 aliphatic carbocycles. The highest BCUT2D eigenvalue weighted by atomic mass is 32.1. The summed E-state index contributed by atoms with van der Waals surface area (Å²) in [6, 6.07) is 4.62. The number of aryl methyl sites for hydroxylation is 1. The molecule has 0 spiro atoms. The molecule has 1 unspecified atom stereocenters. The Kier molecular flexibility index (Phi) is 7.64. The van der Waals surface area contributed by atoms with Crippen LogP contribution in [0.4, 0.5) is 5.13 Å². The Hall–Kier alpha value is -1.71. The molecule has 0 bridgehead atoms. The Labute approximate surface area is 176 Å². The summed E-state index contributed by atoms with van der Waals surface area (Å²) in [5.41, 5.74) is 0. The van der Waals surface area contributed by atoms with E-state index in [1.165, 1.54) is 16.4 Å². The maximum atomic E-state index is 4.98. The van der Waals surface area contributed by atoms with Gasteiger partial charge in [-0.05, 0) is 32.5 Å². The third-order valence-corrected chi connectivity index (χ3v) is 6.66. The fraction of sp³-hybridized carbons (Fsp3) is 0.632. The topological polar surface area (TPSA) is 59.9 Å². The Morgan fingerprint density at radius 2 is 2.07 bits per heavy atom. The summed E-state index contributed by atoms with van der Waals surface area (Å²) in [4.78, 5) is 17.9. The second-order valence-corrected chi connectivity index (χ2v) is 8.72. The number of nitrogens with zero attached hydrogens (tertiary/aromatic N) is 6. The molecule has 0 aromatic carbocycles. The normalized spacial score (nSPS) is 16.7. The average Bonchev–Trinajstić information content (AvgIpc) is 3.39. The van der Waals surface area contributed by atoms with E-state index in [4.69, 9.17) is 4.99 Å². The summed E-state index contributed by atoms with van der Waals surface area (Å²) in [7, 11) is 4.25. The predicted molar refractivity (Wildman–Crippen MR) is 120 cm³/mol. The van der Waals surface area contributed by atoms with E-state index < -0.39 is 0 Å². The van der Waals surface area contributed by atoms with Crippen molar-refractivity contribution in [3.63, 3.8) is 0 Å². The van der Waals surface area contributed by atoms with Crippen molar-refractivity contribution in [2.45, 2.75) is 26.3 Å². The van der Waals surface area contributed by atoms with Crippen molar-refractivity contribution in [3.8, 4) is 0 Å². The second kappa shape index (κ2) is 10.2. The van der Waals surface area contributed by atoms with Gasteiger partial charge in [0.2, 0.25) is 5.13 Å². The number of anilines is 1. The molecule has 3 heterocycles. The second-order valence-electron chi connectivity index (χ2n) is 7.01. The van der Waals surface area contributed by atoms with Gasteiger partial charge in [-0.2, -0.15) is 4.37 Å². The van der Waals surface area contributed by atoms with Crippen LogP contribution in [-0.2, 0) is 6.42 Å². The summed E-state index contributed by atoms with van der Waals surface area (Å²) >= 11 is 3.31. The lowest BCUT2D eigenvalue weighted by Gasteiger charge is -2.36. The molecule has 1 atom stereocenters. The van der Waals surface area contributed by atoms with Gasteiger partial charge in [-0.1, -0.05) is 13.0 Å². The Balaban J connectivity index is 1.63. The molecule has 1 fully saturated rings. The average molecular weight is 422 g/mol. The maximum Gasteiger partial charge on any atom is 0.205 e. The van der Waals surface area contributed by atoms with E-state index in [9.17, 15) is 0 Å². The van der Waals surface area contributed by atoms with Crippen molar-refractivity contribution in [3.05, 3.63) is 28.2 Å². The lowest BCUT2D eigenvalue weighted by Crippen LogP contribution is -2.52. The van der Waals surface area contributed by atoms with Crippen molar-refractivity contribution < 1.29 is 0 Å². The van der Waals surface area contributed by atoms with E-state index >= 15 is 0 Å². The molecule has 2 aromatic heterocycles. The van der Waals surface area contributed by atoms with Crippen LogP contribution in [0.5, 0.6) is 0 Å². The van der Waals surface area contributed by atoms with Crippen LogP contribution >= 0.6 is 22.9 Å². The molecule has 154 valence electrons. The minimum absolute atomic E-state index is 0.309. The minimum Gasteiger partial charge on any atom is -0.357 e. The van der Waals surface area contributed by atoms with Crippen LogP contribution in [0.15, 0.2) is 22.5 Å². The highest BCUT2D eigenvalue weighted by Gasteiger charge is 2.23. The van der Waals surface area contributed by atoms with Crippen LogP contribution in [0.2, 0.25) is 0 Å². The van der Waals surface area contributed by atoms with Crippen molar-refractivity contribution in [2.75, 3.05) is 58.3 Å². The highest BCUT2D eigenvalue weighted by molar-refractivity contribution is 7.10. The van der Waals surface area contributed by atoms with Crippen molar-refractivity contribution in [1.29, 1.82) is 0 Å². The third-order valence-electron chi connectivity index (χ3n) is 4.87. The minimum atomic E-state index is 0.309. The summed E-state index contributed by atoms with van der Waals surface area (Å²) in [5.74, 6) is 1.96. The van der Waals surface area contributed by atoms with Crippen LogP contribution in [0.3, 0.4) is 0 Å². The molecular weight excluding hydrogens is 390 g/mol. The molecule has 1 aliphatic rings. The zero-order valence-corrected chi connectivity index (χ0v) is 18.9. The maximum absolute atomic E-state index is 4.98. The van der Waals surface area contributed by atoms with Crippen molar-refractivity contribution in [2.24, 2.45) is 4.99 Å². The number of aliphatic imine (C=N–C) groups is 1. The fourth-order valence-electron chi connectivity index (χ4n) is 3.21. The van der Waals surface area contributed by atoms with Crippen LogP contribution in [0.25, 0.3) is 0 Å². The fourth-order valence-corrected chi connectivity index (χ4v) is 4.93. The lowest BCUT2D eigenvalue weighted by molar-refractivity contribution is 0.307. The predicted octanol–water partition coefficient (Wildman–Crippen LogP) is 2.55. The van der Waals surface area contributed by atoms with E-state index in [0.717, 1.165) is 62.6 Å². The first-order chi connectivity index (χ1) is 13.6. The molecule has 9 heteroatoms. The standard InChI is InChI=1S/C19H31N7S2/c1-5-17-22-19(28-23-17)26-11-9-25(10-12-26)18(20-6-2)21-14-15(24(3)4)16-8-7-13-27-16/h7-8,13,15H,5-6,9-12,14H2,1-4H3,(H,20,21). The SMILES string of the molecule is CCNC(=NCC(c1cccs1)N(C)C)N1CCN(c2nc(CC)ns2)CC1. The number of piperazine rings is 1. The van der Waals surface area contributed by atoms with E-state index in [-0.39, 0.29) is 0 Å². The van der Waals surface area contributed by atoms with Gasteiger partial charge in [0.25, 0.3) is 0 Å². The number of nitrogens with one attached hydrogen (secondary N) is 1. The first kappa shape index (κ1) is 21.0. The molecule has 0 radical (unpaired) electrons. The zero-order chi connectivity index (χ0) is 19.9. The third kappa shape index (κ3) is 5.21. The monoisotopic (exact) mass is 421 g/mol. The van der Waals surface area contributed by atoms with Gasteiger partial charge in [0.05, 0.1) is 12.6 Å². The van der Waals surface area contributed by atoms with Gasteiger partial charge in [0.1, 0.15) is 5.82 Å².